The van der Waals surface area contributed by atoms with Crippen molar-refractivity contribution in [1.82, 2.24) is 4.90 Å². The Labute approximate surface area is 91.0 Å². The van der Waals surface area contributed by atoms with Crippen molar-refractivity contribution in [3.8, 4) is 0 Å². The third-order valence-electron chi connectivity index (χ3n) is 1.81. The van der Waals surface area contributed by atoms with E-state index < -0.39 is 30.4 Å². The topological polar surface area (TPSA) is 40.5 Å². The summed E-state index contributed by atoms with van der Waals surface area (Å²) >= 11 is 0. The number of aliphatic hydroxyl groups is 1. The Balaban J connectivity index is 4.80. The summed E-state index contributed by atoms with van der Waals surface area (Å²) in [5.41, 5.74) is -1.41. The molecule has 0 spiro atoms. The number of rotatable bonds is 5. The minimum absolute atomic E-state index is 0.175. The molecule has 1 N–H and O–H groups in total. The molecule has 0 aromatic heterocycles. The number of nitrogens with zero attached hydrogens (tertiary/aromatic N) is 1. The smallest absolute Gasteiger partial charge is 0.383 e. The lowest BCUT2D eigenvalue weighted by atomic mass is 10.1. The Kier molecular flexibility index (Phi) is 4.72. The molecule has 0 aliphatic carbocycles. The van der Waals surface area contributed by atoms with Gasteiger partial charge in [-0.05, 0) is 20.8 Å². The average Bonchev–Trinajstić information content (AvgIpc) is 2.11. The van der Waals surface area contributed by atoms with E-state index in [0.717, 1.165) is 0 Å². The van der Waals surface area contributed by atoms with Crippen LogP contribution in [0.2, 0.25) is 0 Å². The molecular weight excluding hydrogens is 230 g/mol. The van der Waals surface area contributed by atoms with Crippen molar-refractivity contribution in [1.29, 1.82) is 0 Å². The lowest BCUT2D eigenvalue weighted by Gasteiger charge is -2.30. The van der Waals surface area contributed by atoms with E-state index in [1.165, 1.54) is 20.8 Å². The lowest BCUT2D eigenvalue weighted by molar-refractivity contribution is -0.182. The SMILES string of the molecule is CCN(CC(C)(C)O)C(=O)C(F)(F)C(F)F. The van der Waals surface area contributed by atoms with Crippen molar-refractivity contribution < 1.29 is 27.5 Å². The van der Waals surface area contributed by atoms with Crippen molar-refractivity contribution in [2.45, 2.75) is 38.7 Å². The van der Waals surface area contributed by atoms with Gasteiger partial charge in [0.1, 0.15) is 0 Å². The van der Waals surface area contributed by atoms with Crippen molar-refractivity contribution in [3.05, 3.63) is 0 Å². The Hall–Kier alpha value is -0.850. The van der Waals surface area contributed by atoms with E-state index in [4.69, 9.17) is 0 Å². The quantitative estimate of drug-likeness (QED) is 0.746. The Morgan fingerprint density at radius 3 is 2.06 bits per heavy atom. The zero-order valence-electron chi connectivity index (χ0n) is 9.31. The number of likely N-dealkylation sites (N-methyl/N-ethyl adjacent to an activating group) is 1. The van der Waals surface area contributed by atoms with E-state index in [1.54, 1.807) is 0 Å². The maximum atomic E-state index is 12.7. The summed E-state index contributed by atoms with van der Waals surface area (Å²) in [6, 6.07) is 0. The number of amides is 1. The summed E-state index contributed by atoms with van der Waals surface area (Å²) in [7, 11) is 0. The molecule has 0 radical (unpaired) electrons. The van der Waals surface area contributed by atoms with E-state index in [0.29, 0.717) is 4.90 Å². The van der Waals surface area contributed by atoms with Gasteiger partial charge in [0.2, 0.25) is 0 Å². The minimum atomic E-state index is -4.71. The predicted molar refractivity (Wildman–Crippen MR) is 49.5 cm³/mol. The van der Waals surface area contributed by atoms with Crippen LogP contribution in [-0.4, -0.2) is 47.0 Å². The number of carbonyl (C=O) groups is 1. The zero-order chi connectivity index (χ0) is 13.1. The first-order chi connectivity index (χ1) is 7.02. The van der Waals surface area contributed by atoms with Crippen molar-refractivity contribution in [2.24, 2.45) is 0 Å². The lowest BCUT2D eigenvalue weighted by Crippen LogP contribution is -2.51. The maximum absolute atomic E-state index is 12.7. The molecule has 0 atom stereocenters. The second-order valence-corrected chi connectivity index (χ2v) is 4.06. The van der Waals surface area contributed by atoms with Gasteiger partial charge in [-0.25, -0.2) is 8.78 Å². The molecule has 3 nitrogen and oxygen atoms in total. The van der Waals surface area contributed by atoms with Gasteiger partial charge in [-0.3, -0.25) is 4.79 Å². The maximum Gasteiger partial charge on any atom is 0.383 e. The highest BCUT2D eigenvalue weighted by Gasteiger charge is 2.51. The van der Waals surface area contributed by atoms with Crippen LogP contribution in [0, 0.1) is 0 Å². The van der Waals surface area contributed by atoms with E-state index >= 15 is 0 Å². The summed E-state index contributed by atoms with van der Waals surface area (Å²) in [5, 5.41) is 9.35. The van der Waals surface area contributed by atoms with Gasteiger partial charge in [0.25, 0.3) is 5.91 Å². The third-order valence-corrected chi connectivity index (χ3v) is 1.81. The van der Waals surface area contributed by atoms with Crippen LogP contribution in [0.15, 0.2) is 0 Å². The van der Waals surface area contributed by atoms with Gasteiger partial charge in [0, 0.05) is 13.1 Å². The van der Waals surface area contributed by atoms with Gasteiger partial charge in [-0.15, -0.1) is 0 Å². The molecule has 0 fully saturated rings. The Bertz CT molecular complexity index is 250. The number of hydrogen-bond acceptors (Lipinski definition) is 2. The van der Waals surface area contributed by atoms with Gasteiger partial charge in [-0.2, -0.15) is 8.78 Å². The number of alkyl halides is 4. The first-order valence-electron chi connectivity index (χ1n) is 4.70. The predicted octanol–water partition coefficient (Wildman–Crippen LogP) is 1.51. The van der Waals surface area contributed by atoms with Crippen molar-refractivity contribution >= 4 is 5.91 Å². The largest absolute Gasteiger partial charge is 0.389 e. The number of carbonyl (C=O) groups excluding carboxylic acids is 1. The van der Waals surface area contributed by atoms with Crippen molar-refractivity contribution in [2.75, 3.05) is 13.1 Å². The molecule has 0 aromatic carbocycles. The standard InChI is InChI=1S/C9H15F4NO2/c1-4-14(5-8(2,3)16)7(15)9(12,13)6(10)11/h6,16H,4-5H2,1-3H3. The molecule has 0 bridgehead atoms. The van der Waals surface area contributed by atoms with Crippen LogP contribution in [0.4, 0.5) is 17.6 Å². The van der Waals surface area contributed by atoms with Gasteiger partial charge >= 0.3 is 12.3 Å². The van der Waals surface area contributed by atoms with Gasteiger partial charge in [0.05, 0.1) is 5.60 Å². The molecule has 0 aliphatic heterocycles. The molecule has 0 heterocycles. The highest BCUT2D eigenvalue weighted by atomic mass is 19.3. The molecule has 0 aromatic rings. The van der Waals surface area contributed by atoms with Crippen LogP contribution >= 0.6 is 0 Å². The molecule has 0 saturated heterocycles. The molecule has 7 heteroatoms. The minimum Gasteiger partial charge on any atom is -0.389 e. The van der Waals surface area contributed by atoms with Gasteiger partial charge in [0.15, 0.2) is 0 Å². The van der Waals surface area contributed by atoms with Crippen LogP contribution in [0.5, 0.6) is 0 Å². The van der Waals surface area contributed by atoms with E-state index in [-0.39, 0.29) is 6.54 Å². The molecule has 16 heavy (non-hydrogen) atoms. The molecule has 1 amide bonds. The Morgan fingerprint density at radius 1 is 1.38 bits per heavy atom. The molecular formula is C9H15F4NO2. The van der Waals surface area contributed by atoms with Crippen LogP contribution in [0.3, 0.4) is 0 Å². The first-order valence-corrected chi connectivity index (χ1v) is 4.70. The normalized spacial score (nSPS) is 13.1. The van der Waals surface area contributed by atoms with E-state index in [9.17, 15) is 27.5 Å². The highest BCUT2D eigenvalue weighted by Crippen LogP contribution is 2.26. The molecule has 0 saturated carbocycles. The summed E-state index contributed by atoms with van der Waals surface area (Å²) in [6.45, 7) is 3.36. The van der Waals surface area contributed by atoms with Crippen LogP contribution in [-0.2, 0) is 4.79 Å². The van der Waals surface area contributed by atoms with Crippen molar-refractivity contribution in [3.63, 3.8) is 0 Å². The highest BCUT2D eigenvalue weighted by molar-refractivity contribution is 5.84. The van der Waals surface area contributed by atoms with Gasteiger partial charge in [-0.1, -0.05) is 0 Å². The zero-order valence-corrected chi connectivity index (χ0v) is 9.31. The molecule has 0 unspecified atom stereocenters. The number of hydrogen-bond donors (Lipinski definition) is 1. The summed E-state index contributed by atoms with van der Waals surface area (Å²) in [4.78, 5) is 11.6. The fourth-order valence-corrected chi connectivity index (χ4v) is 1.10. The van der Waals surface area contributed by atoms with E-state index in [1.807, 2.05) is 0 Å². The van der Waals surface area contributed by atoms with Crippen LogP contribution < -0.4 is 0 Å². The summed E-state index contributed by atoms with van der Waals surface area (Å²) < 4.78 is 49.3. The monoisotopic (exact) mass is 245 g/mol. The summed E-state index contributed by atoms with van der Waals surface area (Å²) in [6.07, 6.45) is -4.05. The van der Waals surface area contributed by atoms with Gasteiger partial charge < -0.3 is 10.0 Å². The van der Waals surface area contributed by atoms with Crippen LogP contribution in [0.1, 0.15) is 20.8 Å². The summed E-state index contributed by atoms with van der Waals surface area (Å²) in [5.74, 6) is -6.67. The second-order valence-electron chi connectivity index (χ2n) is 4.06. The average molecular weight is 245 g/mol. The molecule has 0 rings (SSSR count). The molecule has 0 aliphatic rings. The second kappa shape index (κ2) is 4.99. The van der Waals surface area contributed by atoms with Crippen LogP contribution in [0.25, 0.3) is 0 Å². The Morgan fingerprint density at radius 2 is 1.81 bits per heavy atom. The first kappa shape index (κ1) is 15.2. The fraction of sp³-hybridized carbons (Fsp3) is 0.889. The third kappa shape index (κ3) is 3.96. The van der Waals surface area contributed by atoms with E-state index in [2.05, 4.69) is 0 Å². The fourth-order valence-electron chi connectivity index (χ4n) is 1.10. The number of halogens is 4. The molecule has 96 valence electrons.